The third kappa shape index (κ3) is 3.75. The van der Waals surface area contributed by atoms with E-state index in [9.17, 15) is 24.4 Å². The Morgan fingerprint density at radius 2 is 2.05 bits per heavy atom. The number of nitrogens with one attached hydrogen (secondary N) is 1. The highest BCUT2D eigenvalue weighted by atomic mass is 19.1. The molecule has 21 heavy (non-hydrogen) atoms. The Bertz CT molecular complexity index is 550. The Balaban J connectivity index is 2.15. The van der Waals surface area contributed by atoms with E-state index in [2.05, 4.69) is 5.32 Å². The molecule has 0 aliphatic heterocycles. The van der Waals surface area contributed by atoms with E-state index in [1.54, 1.807) is 0 Å². The predicted molar refractivity (Wildman–Crippen MR) is 73.4 cm³/mol. The van der Waals surface area contributed by atoms with E-state index in [4.69, 9.17) is 0 Å². The Morgan fingerprint density at radius 1 is 1.33 bits per heavy atom. The van der Waals surface area contributed by atoms with E-state index < -0.39 is 28.8 Å². The van der Waals surface area contributed by atoms with Crippen molar-refractivity contribution in [1.82, 2.24) is 5.32 Å². The van der Waals surface area contributed by atoms with Gasteiger partial charge in [0.25, 0.3) is 11.6 Å². The van der Waals surface area contributed by atoms with Crippen LogP contribution in [0.25, 0.3) is 0 Å². The summed E-state index contributed by atoms with van der Waals surface area (Å²) in [6, 6.07) is 2.37. The summed E-state index contributed by atoms with van der Waals surface area (Å²) in [5.74, 6) is -1.55. The van der Waals surface area contributed by atoms with Crippen LogP contribution in [0, 0.1) is 15.9 Å². The molecule has 2 N–H and O–H groups in total. The number of carbonyl (C=O) groups excluding carboxylic acids is 1. The molecule has 2 atom stereocenters. The Kier molecular flexibility index (Phi) is 4.85. The van der Waals surface area contributed by atoms with E-state index >= 15 is 0 Å². The Hall–Kier alpha value is -2.02. The molecule has 1 fully saturated rings. The molecule has 1 aromatic carbocycles. The number of amides is 1. The molecule has 0 radical (unpaired) electrons. The number of nitrogens with zero attached hydrogens (tertiary/aromatic N) is 1. The van der Waals surface area contributed by atoms with Crippen LogP contribution in [0.5, 0.6) is 0 Å². The van der Waals surface area contributed by atoms with Crippen LogP contribution in [0.4, 0.5) is 10.1 Å². The molecule has 0 saturated heterocycles. The number of rotatable bonds is 3. The van der Waals surface area contributed by atoms with Gasteiger partial charge in [0, 0.05) is 12.1 Å². The van der Waals surface area contributed by atoms with Crippen molar-refractivity contribution in [3.63, 3.8) is 0 Å². The summed E-state index contributed by atoms with van der Waals surface area (Å²) < 4.78 is 13.7. The molecule has 0 heterocycles. The summed E-state index contributed by atoms with van der Waals surface area (Å²) in [6.45, 7) is 0. The lowest BCUT2D eigenvalue weighted by Gasteiger charge is -2.21. The molecular weight excluding hydrogens is 279 g/mol. The topological polar surface area (TPSA) is 92.5 Å². The minimum atomic E-state index is -0.818. The van der Waals surface area contributed by atoms with Gasteiger partial charge >= 0.3 is 0 Å². The summed E-state index contributed by atoms with van der Waals surface area (Å²) in [5, 5.41) is 23.2. The fraction of sp³-hybridized carbons (Fsp3) is 0.500. The average molecular weight is 296 g/mol. The SMILES string of the molecule is O=C(NC1CCCCCC1O)c1cc([N+](=O)[O-])ccc1F. The fourth-order valence-corrected chi connectivity index (χ4v) is 2.50. The van der Waals surface area contributed by atoms with Crippen molar-refractivity contribution < 1.29 is 19.2 Å². The summed E-state index contributed by atoms with van der Waals surface area (Å²) in [6.07, 6.45) is 3.27. The number of aliphatic hydroxyl groups excluding tert-OH is 1. The lowest BCUT2D eigenvalue weighted by molar-refractivity contribution is -0.384. The first-order chi connectivity index (χ1) is 9.99. The van der Waals surface area contributed by atoms with Crippen LogP contribution >= 0.6 is 0 Å². The second kappa shape index (κ2) is 6.62. The van der Waals surface area contributed by atoms with E-state index in [1.165, 1.54) is 0 Å². The zero-order chi connectivity index (χ0) is 15.4. The lowest BCUT2D eigenvalue weighted by Crippen LogP contribution is -2.42. The molecule has 1 aromatic rings. The van der Waals surface area contributed by atoms with Crippen molar-refractivity contribution in [3.05, 3.63) is 39.7 Å². The van der Waals surface area contributed by atoms with Gasteiger partial charge in [0.2, 0.25) is 0 Å². The lowest BCUT2D eigenvalue weighted by atomic mass is 10.1. The van der Waals surface area contributed by atoms with Crippen LogP contribution in [0.15, 0.2) is 18.2 Å². The quantitative estimate of drug-likeness (QED) is 0.508. The van der Waals surface area contributed by atoms with Gasteiger partial charge in [-0.3, -0.25) is 14.9 Å². The van der Waals surface area contributed by atoms with Gasteiger partial charge in [-0.25, -0.2) is 4.39 Å². The highest BCUT2D eigenvalue weighted by molar-refractivity contribution is 5.95. The van der Waals surface area contributed by atoms with Gasteiger partial charge in [0.1, 0.15) is 5.82 Å². The molecule has 0 aromatic heterocycles. The van der Waals surface area contributed by atoms with Crippen molar-refractivity contribution in [2.24, 2.45) is 0 Å². The molecule has 1 saturated carbocycles. The van der Waals surface area contributed by atoms with Crippen molar-refractivity contribution in [2.75, 3.05) is 0 Å². The van der Waals surface area contributed by atoms with Crippen molar-refractivity contribution in [2.45, 2.75) is 44.2 Å². The summed E-state index contributed by atoms with van der Waals surface area (Å²) >= 11 is 0. The van der Waals surface area contributed by atoms with Gasteiger partial charge in [-0.15, -0.1) is 0 Å². The molecule has 114 valence electrons. The summed E-state index contributed by atoms with van der Waals surface area (Å²) in [4.78, 5) is 22.1. The third-order valence-corrected chi connectivity index (χ3v) is 3.70. The predicted octanol–water partition coefficient (Wildman–Crippen LogP) is 2.16. The zero-order valence-corrected chi connectivity index (χ0v) is 11.4. The number of non-ortho nitro benzene ring substituents is 1. The molecule has 2 rings (SSSR count). The fourth-order valence-electron chi connectivity index (χ4n) is 2.50. The minimum absolute atomic E-state index is 0.344. The minimum Gasteiger partial charge on any atom is -0.391 e. The number of hydrogen-bond acceptors (Lipinski definition) is 4. The molecular formula is C14H17FN2O4. The summed E-state index contributed by atoms with van der Waals surface area (Å²) in [5.41, 5.74) is -0.719. The first kappa shape index (κ1) is 15.4. The molecule has 1 aliphatic rings. The third-order valence-electron chi connectivity index (χ3n) is 3.70. The number of nitro groups is 1. The monoisotopic (exact) mass is 296 g/mol. The average Bonchev–Trinajstić information content (AvgIpc) is 2.64. The first-order valence-corrected chi connectivity index (χ1v) is 6.92. The van der Waals surface area contributed by atoms with Crippen LogP contribution in [0.1, 0.15) is 42.5 Å². The number of nitro benzene ring substituents is 1. The van der Waals surface area contributed by atoms with Crippen LogP contribution in [-0.4, -0.2) is 28.1 Å². The van der Waals surface area contributed by atoms with E-state index in [1.807, 2.05) is 0 Å². The van der Waals surface area contributed by atoms with Gasteiger partial charge < -0.3 is 10.4 Å². The standard InChI is InChI=1S/C14H17FN2O4/c15-11-7-6-9(17(20)21)8-10(11)14(19)16-12-4-2-1-3-5-13(12)18/h6-8,12-13,18H,1-5H2,(H,16,19). The van der Waals surface area contributed by atoms with Crippen LogP contribution in [0.3, 0.4) is 0 Å². The second-order valence-electron chi connectivity index (χ2n) is 5.21. The molecule has 0 spiro atoms. The summed E-state index contributed by atoms with van der Waals surface area (Å²) in [7, 11) is 0. The van der Waals surface area contributed by atoms with Crippen molar-refractivity contribution in [1.29, 1.82) is 0 Å². The van der Waals surface area contributed by atoms with Crippen molar-refractivity contribution >= 4 is 11.6 Å². The second-order valence-corrected chi connectivity index (χ2v) is 5.21. The Morgan fingerprint density at radius 3 is 2.76 bits per heavy atom. The molecule has 1 aliphatic carbocycles. The molecule has 6 nitrogen and oxygen atoms in total. The smallest absolute Gasteiger partial charge is 0.270 e. The van der Waals surface area contributed by atoms with E-state index in [-0.39, 0.29) is 11.3 Å². The normalized spacial score (nSPS) is 22.4. The van der Waals surface area contributed by atoms with E-state index in [0.717, 1.165) is 37.5 Å². The molecule has 1 amide bonds. The Labute approximate surface area is 121 Å². The number of carbonyl (C=O) groups is 1. The highest BCUT2D eigenvalue weighted by Gasteiger charge is 2.25. The maximum absolute atomic E-state index is 13.7. The largest absolute Gasteiger partial charge is 0.391 e. The molecule has 0 bridgehead atoms. The number of aliphatic hydroxyl groups is 1. The van der Waals surface area contributed by atoms with Crippen LogP contribution in [0.2, 0.25) is 0 Å². The number of benzene rings is 1. The maximum atomic E-state index is 13.7. The maximum Gasteiger partial charge on any atom is 0.270 e. The number of halogens is 1. The molecule has 2 unspecified atom stereocenters. The van der Waals surface area contributed by atoms with Crippen molar-refractivity contribution in [3.8, 4) is 0 Å². The van der Waals surface area contributed by atoms with Gasteiger partial charge in [-0.2, -0.15) is 0 Å². The zero-order valence-electron chi connectivity index (χ0n) is 11.4. The molecule has 7 heteroatoms. The van der Waals surface area contributed by atoms with E-state index in [0.29, 0.717) is 12.8 Å². The van der Waals surface area contributed by atoms with Gasteiger partial charge in [-0.05, 0) is 18.9 Å². The first-order valence-electron chi connectivity index (χ1n) is 6.92. The van der Waals surface area contributed by atoms with Crippen LogP contribution in [-0.2, 0) is 0 Å². The van der Waals surface area contributed by atoms with Crippen LogP contribution < -0.4 is 5.32 Å². The van der Waals surface area contributed by atoms with Gasteiger partial charge in [0.05, 0.1) is 22.6 Å². The highest BCUT2D eigenvalue weighted by Crippen LogP contribution is 2.20. The van der Waals surface area contributed by atoms with Gasteiger partial charge in [-0.1, -0.05) is 19.3 Å². The number of hydrogen-bond donors (Lipinski definition) is 2. The van der Waals surface area contributed by atoms with Gasteiger partial charge in [0.15, 0.2) is 0 Å².